The van der Waals surface area contributed by atoms with Gasteiger partial charge in [-0.05, 0) is 0 Å². The molecule has 100 valence electrons. The van der Waals surface area contributed by atoms with Crippen LogP contribution in [-0.4, -0.2) is 66.2 Å². The van der Waals surface area contributed by atoms with Gasteiger partial charge >= 0.3 is 114 Å². The molecule has 2 atom stereocenters. The van der Waals surface area contributed by atoms with Crippen LogP contribution >= 0.6 is 0 Å². The monoisotopic (exact) mass is 377 g/mol. The molecule has 0 aromatic rings. The molecule has 0 spiro atoms. The third-order valence-electron chi connectivity index (χ3n) is 2.04. The third kappa shape index (κ3) is 7.06. The van der Waals surface area contributed by atoms with Gasteiger partial charge < -0.3 is 0 Å². The molecule has 0 heterocycles. The summed E-state index contributed by atoms with van der Waals surface area (Å²) in [6, 6.07) is -0.631. The van der Waals surface area contributed by atoms with E-state index in [0.29, 0.717) is 26.7 Å². The second kappa shape index (κ2) is 9.92. The molecule has 0 unspecified atom stereocenters. The first-order valence-corrected chi connectivity index (χ1v) is 11.0. The normalized spacial score (nSPS) is 13.9. The van der Waals surface area contributed by atoms with Gasteiger partial charge in [0, 0.05) is 0 Å². The Kier molecular flexibility index (Phi) is 9.88. The minimum atomic E-state index is -1.01. The van der Waals surface area contributed by atoms with E-state index in [-0.39, 0.29) is 15.0 Å². The van der Waals surface area contributed by atoms with Gasteiger partial charge in [0.25, 0.3) is 0 Å². The summed E-state index contributed by atoms with van der Waals surface area (Å²) >= 11 is 0.673. The van der Waals surface area contributed by atoms with E-state index < -0.39 is 24.0 Å². The molecule has 0 aliphatic rings. The Morgan fingerprint density at radius 1 is 1.35 bits per heavy atom. The van der Waals surface area contributed by atoms with E-state index >= 15 is 0 Å². The second-order valence-electron chi connectivity index (χ2n) is 3.34. The van der Waals surface area contributed by atoms with Crippen molar-refractivity contribution in [2.75, 3.05) is 7.11 Å². The van der Waals surface area contributed by atoms with Gasteiger partial charge in [0.1, 0.15) is 0 Å². The van der Waals surface area contributed by atoms with Gasteiger partial charge in [0.2, 0.25) is 0 Å². The Bertz CT molecular complexity index is 250. The number of amides is 1. The van der Waals surface area contributed by atoms with Crippen molar-refractivity contribution in [3.63, 3.8) is 0 Å². The summed E-state index contributed by atoms with van der Waals surface area (Å²) < 4.78 is 4.63. The van der Waals surface area contributed by atoms with Gasteiger partial charge in [-0.15, -0.1) is 0 Å². The van der Waals surface area contributed by atoms with Crippen molar-refractivity contribution in [2.45, 2.75) is 40.8 Å². The Labute approximate surface area is 114 Å². The van der Waals surface area contributed by atoms with Crippen LogP contribution in [0.3, 0.4) is 0 Å². The number of carbonyl (C=O) groups is 2. The number of rotatable bonds is 8. The molecule has 0 aromatic carbocycles. The van der Waals surface area contributed by atoms with E-state index in [4.69, 9.17) is 0 Å². The number of nitrogens with one attached hydrogen (secondary N) is 1. The molecular weight excluding hydrogens is 356 g/mol. The van der Waals surface area contributed by atoms with Crippen LogP contribution in [0.4, 0.5) is 0 Å². The predicted molar refractivity (Wildman–Crippen MR) is 67.4 cm³/mol. The maximum absolute atomic E-state index is 11.6. The summed E-state index contributed by atoms with van der Waals surface area (Å²) in [5.74, 6) is 3.09. The fourth-order valence-corrected chi connectivity index (χ4v) is 3.10. The van der Waals surface area contributed by atoms with E-state index in [1.165, 1.54) is 7.11 Å². The molecule has 7 heteroatoms. The van der Waals surface area contributed by atoms with Crippen molar-refractivity contribution in [1.82, 2.24) is 5.32 Å². The Morgan fingerprint density at radius 2 is 2.00 bits per heavy atom. The topological polar surface area (TPSA) is 75.6 Å². The van der Waals surface area contributed by atoms with E-state index in [0.717, 1.165) is 5.32 Å². The number of carbonyl (C=O) groups excluding carboxylic acids is 2. The number of esters is 1. The molecule has 0 fully saturated rings. The summed E-state index contributed by atoms with van der Waals surface area (Å²) in [5, 5.41) is 13.4. The van der Waals surface area contributed by atoms with Gasteiger partial charge in [-0.25, -0.2) is 0 Å². The number of methoxy groups -OCH3 is 1. The van der Waals surface area contributed by atoms with Crippen LogP contribution in [0, 0.1) is 0 Å². The van der Waals surface area contributed by atoms with Crippen molar-refractivity contribution in [1.29, 1.82) is 0 Å². The summed E-state index contributed by atoms with van der Waals surface area (Å²) in [6.45, 7) is 0. The van der Waals surface area contributed by atoms with Crippen LogP contribution in [-0.2, 0) is 14.3 Å². The standard InChI is InChI=1S/C10H19NO4Se2/c1-15-10(14)7(4-5-16-2)11-9(13)8(12)6-17-3/h7-8,12H,4-6H2,1-3H3,(H,11,13)/t7-,8+/m0/s1. The first kappa shape index (κ1) is 16.9. The van der Waals surface area contributed by atoms with Gasteiger partial charge in [-0.1, -0.05) is 0 Å². The van der Waals surface area contributed by atoms with E-state index in [1.807, 2.05) is 5.82 Å². The minimum absolute atomic E-state index is 0.226. The average Bonchev–Trinajstić information content (AvgIpc) is 2.33. The number of hydrogen-bond donors (Lipinski definition) is 2. The van der Waals surface area contributed by atoms with E-state index in [1.54, 1.807) is 0 Å². The molecule has 17 heavy (non-hydrogen) atoms. The van der Waals surface area contributed by atoms with Crippen LogP contribution < -0.4 is 5.32 Å². The van der Waals surface area contributed by atoms with Crippen molar-refractivity contribution in [3.8, 4) is 0 Å². The molecule has 1 amide bonds. The molecule has 5 nitrogen and oxygen atoms in total. The van der Waals surface area contributed by atoms with E-state index in [9.17, 15) is 14.7 Å². The van der Waals surface area contributed by atoms with Crippen LogP contribution in [0.5, 0.6) is 0 Å². The molecule has 0 radical (unpaired) electrons. The molecular formula is C10H19NO4Se2. The molecule has 0 saturated heterocycles. The molecule has 0 saturated carbocycles. The number of ether oxygens (including phenoxy) is 1. The maximum atomic E-state index is 11.6. The van der Waals surface area contributed by atoms with Crippen LogP contribution in [0.1, 0.15) is 6.42 Å². The van der Waals surface area contributed by atoms with Crippen molar-refractivity contribution >= 4 is 41.8 Å². The van der Waals surface area contributed by atoms with Crippen molar-refractivity contribution < 1.29 is 19.4 Å². The molecule has 0 aliphatic heterocycles. The second-order valence-corrected chi connectivity index (χ2v) is 7.32. The van der Waals surface area contributed by atoms with Gasteiger partial charge in [0.05, 0.1) is 0 Å². The molecule has 0 aliphatic carbocycles. The molecule has 0 aromatic heterocycles. The molecule has 0 rings (SSSR count). The molecule has 2 N–H and O–H groups in total. The summed E-state index contributed by atoms with van der Waals surface area (Å²) in [7, 11) is 1.30. The summed E-state index contributed by atoms with van der Waals surface area (Å²) in [6.07, 6.45) is -0.446. The SMILES string of the molecule is COC(=O)[C@H](CC[Se]C)NC(=O)[C@H](O)C[Se]C. The fourth-order valence-electron chi connectivity index (χ4n) is 1.13. The zero-order valence-corrected chi connectivity index (χ0v) is 13.7. The summed E-state index contributed by atoms with van der Waals surface area (Å²) in [5.41, 5.74) is 0. The number of hydrogen-bond acceptors (Lipinski definition) is 4. The summed E-state index contributed by atoms with van der Waals surface area (Å²) in [4.78, 5) is 23.0. The average molecular weight is 375 g/mol. The van der Waals surface area contributed by atoms with Crippen molar-refractivity contribution in [3.05, 3.63) is 0 Å². The Morgan fingerprint density at radius 3 is 2.47 bits per heavy atom. The fraction of sp³-hybridized carbons (Fsp3) is 0.800. The van der Waals surface area contributed by atoms with Gasteiger partial charge in [-0.2, -0.15) is 0 Å². The zero-order valence-electron chi connectivity index (χ0n) is 10.3. The predicted octanol–water partition coefficient (Wildman–Crippen LogP) is -0.264. The van der Waals surface area contributed by atoms with Crippen LogP contribution in [0.15, 0.2) is 0 Å². The third-order valence-corrected chi connectivity index (χ3v) is 4.75. The zero-order chi connectivity index (χ0) is 13.3. The first-order chi connectivity index (χ1) is 8.06. The molecule has 0 bridgehead atoms. The van der Waals surface area contributed by atoms with Crippen LogP contribution in [0.25, 0.3) is 0 Å². The van der Waals surface area contributed by atoms with Gasteiger partial charge in [0.15, 0.2) is 0 Å². The quantitative estimate of drug-likeness (QED) is 0.453. The number of aliphatic hydroxyl groups is 1. The Balaban J connectivity index is 4.31. The Hall–Kier alpha value is -0.0610. The van der Waals surface area contributed by atoms with Crippen molar-refractivity contribution in [2.24, 2.45) is 0 Å². The van der Waals surface area contributed by atoms with Crippen LogP contribution in [0.2, 0.25) is 22.3 Å². The number of aliphatic hydroxyl groups excluding tert-OH is 1. The first-order valence-electron chi connectivity index (χ1n) is 5.11. The van der Waals surface area contributed by atoms with Gasteiger partial charge in [-0.3, -0.25) is 0 Å². The van der Waals surface area contributed by atoms with E-state index in [2.05, 4.69) is 15.9 Å².